The van der Waals surface area contributed by atoms with Crippen LogP contribution in [0.2, 0.25) is 0 Å². The number of nitrogens with one attached hydrogen (secondary N) is 1. The minimum Gasteiger partial charge on any atom is -0.306 e. The predicted molar refractivity (Wildman–Crippen MR) is 54.3 cm³/mol. The molecule has 3 rings (SSSR count). The van der Waals surface area contributed by atoms with Gasteiger partial charge in [0.05, 0.1) is 6.04 Å². The third-order valence-corrected chi connectivity index (χ3v) is 2.44. The molecule has 0 aliphatic carbocycles. The van der Waals surface area contributed by atoms with E-state index in [0.29, 0.717) is 6.04 Å². The normalized spacial score (nSPS) is 19.6. The molecule has 0 saturated carbocycles. The van der Waals surface area contributed by atoms with E-state index < -0.39 is 0 Å². The number of aromatic nitrogens is 2. The van der Waals surface area contributed by atoms with Crippen molar-refractivity contribution in [3.63, 3.8) is 0 Å². The lowest BCUT2D eigenvalue weighted by atomic mass is 10.3. The largest absolute Gasteiger partial charge is 0.306 e. The molecule has 0 spiro atoms. The zero-order valence-corrected chi connectivity index (χ0v) is 7.72. The van der Waals surface area contributed by atoms with Crippen LogP contribution < -0.4 is 5.32 Å². The number of nitrogens with zero attached hydrogens (tertiary/aromatic N) is 2. The van der Waals surface area contributed by atoms with Gasteiger partial charge in [0.15, 0.2) is 0 Å². The van der Waals surface area contributed by atoms with E-state index in [4.69, 9.17) is 0 Å². The molecule has 3 nitrogen and oxygen atoms in total. The third kappa shape index (κ3) is 1.22. The summed E-state index contributed by atoms with van der Waals surface area (Å²) >= 11 is 0. The highest BCUT2D eigenvalue weighted by atomic mass is 15.2. The maximum atomic E-state index is 4.33. The van der Waals surface area contributed by atoms with E-state index in [1.54, 1.807) is 0 Å². The predicted octanol–water partition coefficient (Wildman–Crippen LogP) is 1.52. The first-order valence-electron chi connectivity index (χ1n) is 4.77. The zero-order chi connectivity index (χ0) is 9.38. The Kier molecular flexibility index (Phi) is 1.64. The molecule has 2 aromatic rings. The SMILES string of the molecule is c1ccc(-n2cccc2[C@H]2CN2)nc1. The maximum Gasteiger partial charge on any atom is 0.136 e. The summed E-state index contributed by atoms with van der Waals surface area (Å²) in [5, 5.41) is 3.30. The Morgan fingerprint density at radius 1 is 1.29 bits per heavy atom. The Bertz CT molecular complexity index is 429. The van der Waals surface area contributed by atoms with E-state index >= 15 is 0 Å². The Morgan fingerprint density at radius 2 is 2.21 bits per heavy atom. The number of hydrogen-bond donors (Lipinski definition) is 1. The fourth-order valence-corrected chi connectivity index (χ4v) is 1.65. The molecular formula is C11H11N3. The van der Waals surface area contributed by atoms with Crippen LogP contribution in [0.15, 0.2) is 42.7 Å². The maximum absolute atomic E-state index is 4.33. The summed E-state index contributed by atoms with van der Waals surface area (Å²) in [7, 11) is 0. The van der Waals surface area contributed by atoms with Crippen molar-refractivity contribution in [1.82, 2.24) is 14.9 Å². The number of hydrogen-bond acceptors (Lipinski definition) is 2. The molecule has 0 bridgehead atoms. The summed E-state index contributed by atoms with van der Waals surface area (Å²) in [6.07, 6.45) is 3.87. The fraction of sp³-hybridized carbons (Fsp3) is 0.182. The van der Waals surface area contributed by atoms with Crippen molar-refractivity contribution >= 4 is 0 Å². The van der Waals surface area contributed by atoms with E-state index in [0.717, 1.165) is 12.4 Å². The summed E-state index contributed by atoms with van der Waals surface area (Å²) in [6.45, 7) is 1.08. The summed E-state index contributed by atoms with van der Waals surface area (Å²) < 4.78 is 2.13. The standard InChI is InChI=1S/C11H11N3/c1-2-6-12-11(5-1)14-7-3-4-10(14)9-8-13-9/h1-7,9,13H,8H2/t9-/m1/s1. The molecular weight excluding hydrogens is 174 g/mol. The van der Waals surface area contributed by atoms with Crippen molar-refractivity contribution in [1.29, 1.82) is 0 Å². The lowest BCUT2D eigenvalue weighted by molar-refractivity contribution is 0.885. The molecule has 14 heavy (non-hydrogen) atoms. The highest BCUT2D eigenvalue weighted by Gasteiger charge is 2.25. The van der Waals surface area contributed by atoms with Crippen molar-refractivity contribution in [2.45, 2.75) is 6.04 Å². The van der Waals surface area contributed by atoms with E-state index in [1.165, 1.54) is 5.69 Å². The Labute approximate surface area is 82.4 Å². The van der Waals surface area contributed by atoms with Gasteiger partial charge in [0.1, 0.15) is 5.82 Å². The van der Waals surface area contributed by atoms with Crippen LogP contribution in [0.5, 0.6) is 0 Å². The molecule has 1 N–H and O–H groups in total. The lowest BCUT2D eigenvalue weighted by Gasteiger charge is -2.05. The van der Waals surface area contributed by atoms with E-state index in [2.05, 4.69) is 33.2 Å². The fourth-order valence-electron chi connectivity index (χ4n) is 1.65. The van der Waals surface area contributed by atoms with Crippen LogP contribution in [0.4, 0.5) is 0 Å². The average molecular weight is 185 g/mol. The Morgan fingerprint density at radius 3 is 2.93 bits per heavy atom. The molecule has 70 valence electrons. The highest BCUT2D eigenvalue weighted by molar-refractivity contribution is 5.30. The van der Waals surface area contributed by atoms with Crippen LogP contribution in [0, 0.1) is 0 Å². The molecule has 1 aliphatic rings. The summed E-state index contributed by atoms with van der Waals surface area (Å²) in [5.74, 6) is 0.987. The third-order valence-electron chi connectivity index (χ3n) is 2.44. The second-order valence-electron chi connectivity index (χ2n) is 3.45. The molecule has 1 saturated heterocycles. The van der Waals surface area contributed by atoms with Crippen LogP contribution in [-0.4, -0.2) is 16.1 Å². The monoisotopic (exact) mass is 185 g/mol. The van der Waals surface area contributed by atoms with Gasteiger partial charge in [0.25, 0.3) is 0 Å². The highest BCUT2D eigenvalue weighted by Crippen LogP contribution is 2.23. The van der Waals surface area contributed by atoms with Crippen LogP contribution >= 0.6 is 0 Å². The minimum atomic E-state index is 0.520. The molecule has 0 aromatic carbocycles. The van der Waals surface area contributed by atoms with E-state index in [-0.39, 0.29) is 0 Å². The van der Waals surface area contributed by atoms with Crippen molar-refractivity contribution < 1.29 is 0 Å². The number of pyridine rings is 1. The molecule has 0 radical (unpaired) electrons. The first-order chi connectivity index (χ1) is 6.95. The van der Waals surface area contributed by atoms with Crippen molar-refractivity contribution in [2.75, 3.05) is 6.54 Å². The first kappa shape index (κ1) is 7.76. The molecule has 1 fully saturated rings. The van der Waals surface area contributed by atoms with Gasteiger partial charge in [-0.05, 0) is 24.3 Å². The second-order valence-corrected chi connectivity index (χ2v) is 3.45. The van der Waals surface area contributed by atoms with Gasteiger partial charge >= 0.3 is 0 Å². The molecule has 0 unspecified atom stereocenters. The molecule has 2 aromatic heterocycles. The Hall–Kier alpha value is -1.61. The van der Waals surface area contributed by atoms with Gasteiger partial charge in [0.2, 0.25) is 0 Å². The topological polar surface area (TPSA) is 39.8 Å². The van der Waals surface area contributed by atoms with Gasteiger partial charge in [-0.15, -0.1) is 0 Å². The molecule has 0 amide bonds. The van der Waals surface area contributed by atoms with Crippen LogP contribution in [0.3, 0.4) is 0 Å². The second kappa shape index (κ2) is 2.96. The van der Waals surface area contributed by atoms with Gasteiger partial charge in [-0.3, -0.25) is 0 Å². The van der Waals surface area contributed by atoms with Crippen LogP contribution in [0.25, 0.3) is 5.82 Å². The van der Waals surface area contributed by atoms with E-state index in [1.807, 2.05) is 24.4 Å². The van der Waals surface area contributed by atoms with Gasteiger partial charge in [-0.25, -0.2) is 4.98 Å². The van der Waals surface area contributed by atoms with Crippen molar-refractivity contribution in [2.24, 2.45) is 0 Å². The average Bonchev–Trinajstić information content (AvgIpc) is 2.98. The molecule has 1 aliphatic heterocycles. The number of rotatable bonds is 2. The van der Waals surface area contributed by atoms with Crippen LogP contribution in [-0.2, 0) is 0 Å². The smallest absolute Gasteiger partial charge is 0.136 e. The first-order valence-corrected chi connectivity index (χ1v) is 4.77. The molecule has 3 heterocycles. The summed E-state index contributed by atoms with van der Waals surface area (Å²) in [6, 6.07) is 10.7. The minimum absolute atomic E-state index is 0.520. The van der Waals surface area contributed by atoms with Gasteiger partial charge < -0.3 is 9.88 Å². The van der Waals surface area contributed by atoms with Gasteiger partial charge in [0, 0.05) is 24.6 Å². The Balaban J connectivity index is 2.07. The van der Waals surface area contributed by atoms with Gasteiger partial charge in [-0.1, -0.05) is 6.07 Å². The van der Waals surface area contributed by atoms with E-state index in [9.17, 15) is 0 Å². The van der Waals surface area contributed by atoms with Crippen LogP contribution in [0.1, 0.15) is 11.7 Å². The molecule has 3 heteroatoms. The summed E-state index contributed by atoms with van der Waals surface area (Å²) in [5.41, 5.74) is 1.30. The lowest BCUT2D eigenvalue weighted by Crippen LogP contribution is -2.00. The van der Waals surface area contributed by atoms with Crippen molar-refractivity contribution in [3.8, 4) is 5.82 Å². The molecule has 1 atom stereocenters. The summed E-state index contributed by atoms with van der Waals surface area (Å²) in [4.78, 5) is 4.33. The van der Waals surface area contributed by atoms with Gasteiger partial charge in [-0.2, -0.15) is 0 Å². The zero-order valence-electron chi connectivity index (χ0n) is 7.72. The van der Waals surface area contributed by atoms with Crippen molar-refractivity contribution in [3.05, 3.63) is 48.4 Å². The quantitative estimate of drug-likeness (QED) is 0.720.